The van der Waals surface area contributed by atoms with Gasteiger partial charge in [0.25, 0.3) is 0 Å². The Morgan fingerprint density at radius 2 is 1.66 bits per heavy atom. The van der Waals surface area contributed by atoms with Crippen LogP contribution in [0.4, 0.5) is 18.2 Å². The number of aliphatic carboxylic acids is 1. The molecule has 1 aromatic heterocycles. The number of anilines is 1. The number of benzene rings is 2. The molecule has 2 aromatic carbocycles. The highest BCUT2D eigenvalue weighted by molar-refractivity contribution is 7.14. The van der Waals surface area contributed by atoms with Gasteiger partial charge in [-0.1, -0.05) is 42.5 Å². The van der Waals surface area contributed by atoms with E-state index in [0.717, 1.165) is 0 Å². The third kappa shape index (κ3) is 5.35. The molecule has 2 N–H and O–H groups in total. The topological polar surface area (TPSA) is 75.6 Å². The second-order valence-corrected chi connectivity index (χ2v) is 6.85. The van der Waals surface area contributed by atoms with Crippen molar-refractivity contribution in [3.05, 3.63) is 71.6 Å². The Morgan fingerprint density at radius 1 is 1.00 bits per heavy atom. The van der Waals surface area contributed by atoms with Crippen molar-refractivity contribution in [2.24, 2.45) is 0 Å². The van der Waals surface area contributed by atoms with Gasteiger partial charge in [-0.25, -0.2) is 0 Å². The summed E-state index contributed by atoms with van der Waals surface area (Å²) in [5.41, 5.74) is 1.64. The number of carbonyl (C=O) groups excluding carboxylic acids is 1. The number of halogens is 3. The highest BCUT2D eigenvalue weighted by atomic mass is 32.1. The predicted molar refractivity (Wildman–Crippen MR) is 102 cm³/mol. The minimum atomic E-state index is -4.76. The van der Waals surface area contributed by atoms with Crippen molar-refractivity contribution in [1.82, 2.24) is 0 Å². The summed E-state index contributed by atoms with van der Waals surface area (Å²) in [6.45, 7) is 0. The standard InChI is InChI=1S/C20H14F3NO4S/c21-20(22,23)28-15-8-6-12(7-9-15)14-10-16(29-11-14)24-18(25)17(19(26)27)13-4-2-1-3-5-13/h1-11,17H,(H,24,25)(H,26,27)/t17-/m1/s1. The molecule has 1 heterocycles. The average Bonchev–Trinajstić information content (AvgIpc) is 3.10. The zero-order valence-corrected chi connectivity index (χ0v) is 15.5. The zero-order chi connectivity index (χ0) is 21.0. The second-order valence-electron chi connectivity index (χ2n) is 5.94. The molecule has 9 heteroatoms. The summed E-state index contributed by atoms with van der Waals surface area (Å²) >= 11 is 1.18. The minimum Gasteiger partial charge on any atom is -0.480 e. The summed E-state index contributed by atoms with van der Waals surface area (Å²) in [5.74, 6) is -3.66. The van der Waals surface area contributed by atoms with Crippen LogP contribution in [0.15, 0.2) is 66.0 Å². The molecule has 0 spiro atoms. The Kier molecular flexibility index (Phi) is 5.88. The van der Waals surface area contributed by atoms with Crippen LogP contribution in [-0.2, 0) is 9.59 Å². The average molecular weight is 421 g/mol. The van der Waals surface area contributed by atoms with Crippen LogP contribution in [0.25, 0.3) is 11.1 Å². The third-order valence-corrected chi connectivity index (χ3v) is 4.75. The lowest BCUT2D eigenvalue weighted by atomic mass is 9.98. The van der Waals surface area contributed by atoms with E-state index < -0.39 is 24.2 Å². The number of ether oxygens (including phenoxy) is 1. The number of nitrogens with one attached hydrogen (secondary N) is 1. The molecule has 1 amide bonds. The summed E-state index contributed by atoms with van der Waals surface area (Å²) in [5, 5.41) is 14.1. The third-order valence-electron chi connectivity index (χ3n) is 3.91. The predicted octanol–water partition coefficient (Wildman–Crippen LogP) is 5.12. The van der Waals surface area contributed by atoms with Crippen molar-refractivity contribution in [2.75, 3.05) is 5.32 Å². The normalized spacial score (nSPS) is 12.2. The highest BCUT2D eigenvalue weighted by Crippen LogP contribution is 2.32. The molecule has 0 aliphatic heterocycles. The van der Waals surface area contributed by atoms with E-state index in [1.165, 1.54) is 35.6 Å². The van der Waals surface area contributed by atoms with Crippen molar-refractivity contribution < 1.29 is 32.6 Å². The molecule has 29 heavy (non-hydrogen) atoms. The lowest BCUT2D eigenvalue weighted by molar-refractivity contribution is -0.274. The largest absolute Gasteiger partial charge is 0.573 e. The molecule has 0 fully saturated rings. The Hall–Kier alpha value is -3.33. The second kappa shape index (κ2) is 8.36. The number of thiophene rings is 1. The lowest BCUT2D eigenvalue weighted by Crippen LogP contribution is -2.27. The van der Waals surface area contributed by atoms with Crippen molar-refractivity contribution in [3.8, 4) is 16.9 Å². The van der Waals surface area contributed by atoms with E-state index in [2.05, 4.69) is 10.1 Å². The van der Waals surface area contributed by atoms with E-state index >= 15 is 0 Å². The minimum absolute atomic E-state index is 0.336. The molecule has 0 unspecified atom stereocenters. The molecule has 0 saturated heterocycles. The maximum absolute atomic E-state index is 12.5. The summed E-state index contributed by atoms with van der Waals surface area (Å²) in [6, 6.07) is 15.0. The summed E-state index contributed by atoms with van der Waals surface area (Å²) in [7, 11) is 0. The van der Waals surface area contributed by atoms with Crippen LogP contribution in [-0.4, -0.2) is 23.3 Å². The van der Waals surface area contributed by atoms with Gasteiger partial charge in [0.1, 0.15) is 5.75 Å². The SMILES string of the molecule is O=C(O)[C@@H](C(=O)Nc1cc(-c2ccc(OC(F)(F)F)cc2)cs1)c1ccccc1. The van der Waals surface area contributed by atoms with E-state index in [0.29, 0.717) is 21.7 Å². The van der Waals surface area contributed by atoms with Gasteiger partial charge in [-0.05, 0) is 34.9 Å². The molecule has 0 aliphatic carbocycles. The number of carboxylic acids is 1. The van der Waals surface area contributed by atoms with Gasteiger partial charge < -0.3 is 15.2 Å². The van der Waals surface area contributed by atoms with E-state index in [4.69, 9.17) is 0 Å². The van der Waals surface area contributed by atoms with E-state index in [1.54, 1.807) is 41.8 Å². The van der Waals surface area contributed by atoms with Crippen LogP contribution < -0.4 is 10.1 Å². The van der Waals surface area contributed by atoms with E-state index in [-0.39, 0.29) is 5.75 Å². The first-order chi connectivity index (χ1) is 13.7. The van der Waals surface area contributed by atoms with Crippen LogP contribution in [0.3, 0.4) is 0 Å². The van der Waals surface area contributed by atoms with Crippen LogP contribution >= 0.6 is 11.3 Å². The van der Waals surface area contributed by atoms with Crippen molar-refractivity contribution in [2.45, 2.75) is 12.3 Å². The van der Waals surface area contributed by atoms with Crippen molar-refractivity contribution in [3.63, 3.8) is 0 Å². The van der Waals surface area contributed by atoms with Gasteiger partial charge in [0.05, 0.1) is 5.00 Å². The van der Waals surface area contributed by atoms with Crippen LogP contribution in [0.1, 0.15) is 11.5 Å². The molecule has 0 saturated carbocycles. The number of carboxylic acid groups (broad SMARTS) is 1. The Bertz CT molecular complexity index is 1000. The van der Waals surface area contributed by atoms with Crippen LogP contribution in [0, 0.1) is 0 Å². The molecule has 1 atom stereocenters. The molecular weight excluding hydrogens is 407 g/mol. The highest BCUT2D eigenvalue weighted by Gasteiger charge is 2.31. The molecule has 0 aliphatic rings. The Balaban J connectivity index is 1.73. The monoisotopic (exact) mass is 421 g/mol. The van der Waals surface area contributed by atoms with Gasteiger partial charge in [-0.3, -0.25) is 9.59 Å². The smallest absolute Gasteiger partial charge is 0.480 e. The first-order valence-electron chi connectivity index (χ1n) is 8.26. The van der Waals surface area contributed by atoms with Crippen LogP contribution in [0.5, 0.6) is 5.75 Å². The van der Waals surface area contributed by atoms with Gasteiger partial charge in [0, 0.05) is 5.38 Å². The Morgan fingerprint density at radius 3 is 2.24 bits per heavy atom. The molecule has 0 bridgehead atoms. The molecule has 3 aromatic rings. The summed E-state index contributed by atoms with van der Waals surface area (Å²) < 4.78 is 40.5. The number of hydrogen-bond donors (Lipinski definition) is 2. The van der Waals surface area contributed by atoms with Crippen molar-refractivity contribution in [1.29, 1.82) is 0 Å². The fourth-order valence-corrected chi connectivity index (χ4v) is 3.46. The van der Waals surface area contributed by atoms with Gasteiger partial charge in [0.15, 0.2) is 5.92 Å². The first kappa shape index (κ1) is 20.4. The van der Waals surface area contributed by atoms with E-state index in [1.807, 2.05) is 0 Å². The zero-order valence-electron chi connectivity index (χ0n) is 14.6. The van der Waals surface area contributed by atoms with Crippen LogP contribution in [0.2, 0.25) is 0 Å². The molecule has 3 rings (SSSR count). The fourth-order valence-electron chi connectivity index (χ4n) is 2.65. The summed E-state index contributed by atoms with van der Waals surface area (Å²) in [6.07, 6.45) is -4.76. The van der Waals surface area contributed by atoms with Gasteiger partial charge in [-0.2, -0.15) is 0 Å². The number of amides is 1. The van der Waals surface area contributed by atoms with Gasteiger partial charge in [0.2, 0.25) is 5.91 Å². The summed E-state index contributed by atoms with van der Waals surface area (Å²) in [4.78, 5) is 24.0. The maximum Gasteiger partial charge on any atom is 0.573 e. The molecular formula is C20H14F3NO4S. The fraction of sp³-hybridized carbons (Fsp3) is 0.100. The number of rotatable bonds is 6. The van der Waals surface area contributed by atoms with Gasteiger partial charge in [-0.15, -0.1) is 24.5 Å². The first-order valence-corrected chi connectivity index (χ1v) is 9.14. The number of carbonyl (C=O) groups is 2. The molecule has 5 nitrogen and oxygen atoms in total. The number of alkyl halides is 3. The number of hydrogen-bond acceptors (Lipinski definition) is 4. The Labute approximate surface area is 167 Å². The lowest BCUT2D eigenvalue weighted by Gasteiger charge is -2.12. The van der Waals surface area contributed by atoms with Crippen molar-refractivity contribution >= 4 is 28.2 Å². The van der Waals surface area contributed by atoms with E-state index in [9.17, 15) is 27.9 Å². The quantitative estimate of drug-likeness (QED) is 0.542. The molecule has 0 radical (unpaired) electrons. The van der Waals surface area contributed by atoms with Gasteiger partial charge >= 0.3 is 12.3 Å². The molecule has 150 valence electrons. The maximum atomic E-state index is 12.5.